The van der Waals surface area contributed by atoms with E-state index in [0.29, 0.717) is 39.8 Å². The number of aryl methyl sites for hydroxylation is 1. The Morgan fingerprint density at radius 2 is 1.73 bits per heavy atom. The van der Waals surface area contributed by atoms with Crippen LogP contribution in [-0.4, -0.2) is 24.7 Å². The van der Waals surface area contributed by atoms with E-state index >= 15 is 0 Å². The molecule has 2 aromatic carbocycles. The van der Waals surface area contributed by atoms with Gasteiger partial charge in [0.05, 0.1) is 5.39 Å². The third kappa shape index (κ3) is 5.20. The maximum absolute atomic E-state index is 14.3. The number of ether oxygens (including phenoxy) is 2. The molecule has 9 heteroatoms. The Hall–Kier alpha value is -4.53. The monoisotopic (exact) mass is 498 g/mol. The molecule has 2 N–H and O–H groups in total. The molecule has 5 aromatic rings. The summed E-state index contributed by atoms with van der Waals surface area (Å²) < 4.78 is 27.8. The Labute approximate surface area is 213 Å². The molecule has 8 nitrogen and oxygen atoms in total. The zero-order valence-electron chi connectivity index (χ0n) is 20.9. The van der Waals surface area contributed by atoms with Crippen molar-refractivity contribution in [3.63, 3.8) is 0 Å². The Morgan fingerprint density at radius 1 is 0.946 bits per heavy atom. The molecule has 3 heterocycles. The minimum absolute atomic E-state index is 0.101. The second-order valence-electron chi connectivity index (χ2n) is 8.89. The van der Waals surface area contributed by atoms with Gasteiger partial charge in [-0.3, -0.25) is 4.98 Å². The largest absolute Gasteiger partial charge is 0.489 e. The first-order valence-electron chi connectivity index (χ1n) is 12.1. The van der Waals surface area contributed by atoms with Gasteiger partial charge in [0.15, 0.2) is 5.65 Å². The molecule has 0 aliphatic rings. The minimum atomic E-state index is -0.454. The number of halogens is 1. The summed E-state index contributed by atoms with van der Waals surface area (Å²) in [6.07, 6.45) is 4.08. The lowest BCUT2D eigenvalue weighted by molar-refractivity contribution is 0.302. The number of anilines is 1. The highest BCUT2D eigenvalue weighted by Gasteiger charge is 2.18. The highest BCUT2D eigenvalue weighted by Crippen LogP contribution is 2.33. The molecule has 0 saturated carbocycles. The molecule has 0 amide bonds. The van der Waals surface area contributed by atoms with Gasteiger partial charge < -0.3 is 15.2 Å². The van der Waals surface area contributed by atoms with Gasteiger partial charge in [-0.15, -0.1) is 0 Å². The van der Waals surface area contributed by atoms with E-state index in [0.717, 1.165) is 23.2 Å². The van der Waals surface area contributed by atoms with Crippen LogP contribution in [0.4, 0.5) is 10.2 Å². The summed E-state index contributed by atoms with van der Waals surface area (Å²) in [6.45, 7) is 6.38. The quantitative estimate of drug-likeness (QED) is 0.275. The van der Waals surface area contributed by atoms with Gasteiger partial charge in [0.1, 0.15) is 47.5 Å². The number of nitrogen functional groups attached to an aromatic ring is 1. The molecule has 3 aromatic heterocycles. The molecule has 0 unspecified atom stereocenters. The average Bonchev–Trinajstić information content (AvgIpc) is 3.29. The first-order valence-corrected chi connectivity index (χ1v) is 12.1. The number of hydrogen-bond acceptors (Lipinski definition) is 7. The normalized spacial score (nSPS) is 11.3. The number of nitrogens with two attached hydrogens (primary N) is 1. The van der Waals surface area contributed by atoms with Crippen LogP contribution in [0.25, 0.3) is 22.3 Å². The lowest BCUT2D eigenvalue weighted by atomic mass is 10.1. The maximum atomic E-state index is 14.3. The molecule has 188 valence electrons. The van der Waals surface area contributed by atoms with Crippen LogP contribution in [0.1, 0.15) is 38.1 Å². The van der Waals surface area contributed by atoms with E-state index < -0.39 is 5.82 Å². The van der Waals surface area contributed by atoms with Gasteiger partial charge in [-0.1, -0.05) is 13.0 Å². The molecule has 0 saturated heterocycles. The van der Waals surface area contributed by atoms with Crippen LogP contribution in [0.15, 0.2) is 67.1 Å². The van der Waals surface area contributed by atoms with Crippen molar-refractivity contribution in [3.05, 3.63) is 84.2 Å². The fraction of sp³-hybridized carbons (Fsp3) is 0.214. The van der Waals surface area contributed by atoms with Crippen LogP contribution in [-0.2, 0) is 13.0 Å². The molecule has 0 radical (unpaired) electrons. The lowest BCUT2D eigenvalue weighted by Gasteiger charge is -2.11. The molecule has 37 heavy (non-hydrogen) atoms. The highest BCUT2D eigenvalue weighted by molar-refractivity contribution is 5.98. The number of benzene rings is 2. The second kappa shape index (κ2) is 10.2. The Kier molecular flexibility index (Phi) is 6.68. The van der Waals surface area contributed by atoms with Gasteiger partial charge >= 0.3 is 0 Å². The third-order valence-corrected chi connectivity index (χ3v) is 5.87. The van der Waals surface area contributed by atoms with Gasteiger partial charge in [0.2, 0.25) is 0 Å². The highest BCUT2D eigenvalue weighted by atomic mass is 19.1. The van der Waals surface area contributed by atoms with Crippen LogP contribution in [0.5, 0.6) is 17.2 Å². The maximum Gasteiger partial charge on any atom is 0.164 e. The summed E-state index contributed by atoms with van der Waals surface area (Å²) >= 11 is 0. The molecule has 5 rings (SSSR count). The average molecular weight is 499 g/mol. The summed E-state index contributed by atoms with van der Waals surface area (Å²) in [6, 6.07) is 15.6. The SMILES string of the molecule is CCc1ccc(COc2cc(F)cc(Oc3ccc(-c4nn(C(C)C)c5ncnc(N)c45)cc3)c2)cn1. The second-order valence-corrected chi connectivity index (χ2v) is 8.89. The summed E-state index contributed by atoms with van der Waals surface area (Å²) in [5.74, 6) is 1.15. The van der Waals surface area contributed by atoms with Crippen molar-refractivity contribution in [2.75, 3.05) is 5.73 Å². The molecular weight excluding hydrogens is 471 g/mol. The van der Waals surface area contributed by atoms with E-state index in [1.165, 1.54) is 18.5 Å². The van der Waals surface area contributed by atoms with Gasteiger partial charge in [0, 0.05) is 47.3 Å². The topological polar surface area (TPSA) is 101 Å². The van der Waals surface area contributed by atoms with Gasteiger partial charge in [-0.05, 0) is 50.6 Å². The number of fused-ring (bicyclic) bond motifs is 1. The number of hydrogen-bond donors (Lipinski definition) is 1. The van der Waals surface area contributed by atoms with Crippen LogP contribution in [0.2, 0.25) is 0 Å². The van der Waals surface area contributed by atoms with Crippen molar-refractivity contribution >= 4 is 16.9 Å². The van der Waals surface area contributed by atoms with E-state index in [2.05, 4.69) is 15.0 Å². The van der Waals surface area contributed by atoms with Crippen LogP contribution in [0.3, 0.4) is 0 Å². The fourth-order valence-corrected chi connectivity index (χ4v) is 3.97. The van der Waals surface area contributed by atoms with Crippen molar-refractivity contribution in [2.45, 2.75) is 39.8 Å². The molecule has 0 fully saturated rings. The summed E-state index contributed by atoms with van der Waals surface area (Å²) in [7, 11) is 0. The Morgan fingerprint density at radius 3 is 2.43 bits per heavy atom. The summed E-state index contributed by atoms with van der Waals surface area (Å²) in [5.41, 5.74) is 10.3. The molecule has 0 bridgehead atoms. The zero-order valence-corrected chi connectivity index (χ0v) is 20.9. The van der Waals surface area contributed by atoms with E-state index in [-0.39, 0.29) is 12.6 Å². The number of nitrogens with zero attached hydrogens (tertiary/aromatic N) is 5. The summed E-state index contributed by atoms with van der Waals surface area (Å²) in [5, 5.41) is 5.44. The van der Waals surface area contributed by atoms with Crippen molar-refractivity contribution in [3.8, 4) is 28.5 Å². The van der Waals surface area contributed by atoms with E-state index in [1.54, 1.807) is 24.4 Å². The fourth-order valence-electron chi connectivity index (χ4n) is 3.97. The third-order valence-electron chi connectivity index (χ3n) is 5.87. The van der Waals surface area contributed by atoms with Gasteiger partial charge in [-0.25, -0.2) is 19.0 Å². The number of pyridine rings is 1. The molecule has 0 spiro atoms. The van der Waals surface area contributed by atoms with E-state index in [1.807, 2.05) is 49.7 Å². The lowest BCUT2D eigenvalue weighted by Crippen LogP contribution is -2.04. The zero-order chi connectivity index (χ0) is 25.9. The molecule has 0 atom stereocenters. The van der Waals surface area contributed by atoms with E-state index in [4.69, 9.17) is 20.3 Å². The van der Waals surface area contributed by atoms with Crippen molar-refractivity contribution in [1.82, 2.24) is 24.7 Å². The molecular formula is C28H27FN6O2. The first-order chi connectivity index (χ1) is 17.9. The van der Waals surface area contributed by atoms with Crippen LogP contribution < -0.4 is 15.2 Å². The standard InChI is InChI=1S/C28H27FN6O2/c1-4-21-8-5-18(14-31-21)15-36-23-11-20(29)12-24(13-23)37-22-9-6-19(7-10-22)26-25-27(30)32-16-33-28(25)35(34-26)17(2)3/h5-14,16-17H,4,15H2,1-3H3,(H2,30,32,33). The predicted molar refractivity (Wildman–Crippen MR) is 140 cm³/mol. The van der Waals surface area contributed by atoms with Crippen molar-refractivity contribution in [2.24, 2.45) is 0 Å². The number of aromatic nitrogens is 5. The number of rotatable bonds is 8. The van der Waals surface area contributed by atoms with Crippen molar-refractivity contribution in [1.29, 1.82) is 0 Å². The van der Waals surface area contributed by atoms with E-state index in [9.17, 15) is 4.39 Å². The Bertz CT molecular complexity index is 1530. The predicted octanol–water partition coefficient (Wildman–Crippen LogP) is 6.12. The van der Waals surface area contributed by atoms with Gasteiger partial charge in [0.25, 0.3) is 0 Å². The molecule has 0 aliphatic carbocycles. The van der Waals surface area contributed by atoms with Crippen molar-refractivity contribution < 1.29 is 13.9 Å². The summed E-state index contributed by atoms with van der Waals surface area (Å²) in [4.78, 5) is 12.9. The Balaban J connectivity index is 1.34. The minimum Gasteiger partial charge on any atom is -0.489 e. The van der Waals surface area contributed by atoms with Crippen LogP contribution in [0, 0.1) is 5.82 Å². The first kappa shape index (κ1) is 24.2. The smallest absolute Gasteiger partial charge is 0.164 e. The van der Waals surface area contributed by atoms with Crippen LogP contribution >= 0.6 is 0 Å². The van der Waals surface area contributed by atoms with Gasteiger partial charge in [-0.2, -0.15) is 5.10 Å². The molecule has 0 aliphatic heterocycles.